The number of esters is 1. The molecule has 6 heteroatoms. The Labute approximate surface area is 132 Å². The number of fused-ring (bicyclic) bond motifs is 1. The van der Waals surface area contributed by atoms with E-state index >= 15 is 0 Å². The number of amides is 2. The minimum absolute atomic E-state index is 0.0176. The van der Waals surface area contributed by atoms with Crippen LogP contribution in [0.25, 0.3) is 0 Å². The van der Waals surface area contributed by atoms with Crippen molar-refractivity contribution in [2.24, 2.45) is 0 Å². The van der Waals surface area contributed by atoms with Crippen LogP contribution in [-0.2, 0) is 16.2 Å². The third kappa shape index (κ3) is 2.72. The first-order valence-electron chi connectivity index (χ1n) is 6.90. The van der Waals surface area contributed by atoms with E-state index in [-0.39, 0.29) is 6.61 Å². The topological polar surface area (TPSA) is 72.9 Å². The average molecular weight is 311 g/mol. The standard InChI is InChI=1S/C17H13NO5/c1-22-17(21)12-6-4-5-11(9-12)10-23-18-15(19)13-7-2-3-8-14(13)16(18)20/h2-9H,10H2,1H3. The summed E-state index contributed by atoms with van der Waals surface area (Å²) >= 11 is 0. The molecule has 3 rings (SSSR count). The number of imide groups is 1. The van der Waals surface area contributed by atoms with E-state index < -0.39 is 17.8 Å². The van der Waals surface area contributed by atoms with Crippen molar-refractivity contribution in [1.29, 1.82) is 0 Å². The number of ether oxygens (including phenoxy) is 1. The molecule has 0 unspecified atom stereocenters. The molecule has 0 bridgehead atoms. The summed E-state index contributed by atoms with van der Waals surface area (Å²) in [5.41, 5.74) is 1.65. The molecule has 2 aromatic rings. The van der Waals surface area contributed by atoms with Gasteiger partial charge in [-0.1, -0.05) is 24.3 Å². The summed E-state index contributed by atoms with van der Waals surface area (Å²) in [6, 6.07) is 13.1. The summed E-state index contributed by atoms with van der Waals surface area (Å²) < 4.78 is 4.65. The lowest BCUT2D eigenvalue weighted by Crippen LogP contribution is -2.29. The highest BCUT2D eigenvalue weighted by atomic mass is 16.7. The maximum atomic E-state index is 12.2. The second-order valence-electron chi connectivity index (χ2n) is 4.92. The Balaban J connectivity index is 1.74. The molecule has 0 atom stereocenters. The van der Waals surface area contributed by atoms with Gasteiger partial charge in [0.2, 0.25) is 0 Å². The Morgan fingerprint density at radius 3 is 2.26 bits per heavy atom. The number of methoxy groups -OCH3 is 1. The number of benzene rings is 2. The summed E-state index contributed by atoms with van der Waals surface area (Å²) in [6.07, 6.45) is 0. The minimum Gasteiger partial charge on any atom is -0.465 e. The van der Waals surface area contributed by atoms with Gasteiger partial charge in [0.05, 0.1) is 23.8 Å². The van der Waals surface area contributed by atoms with Gasteiger partial charge in [0.1, 0.15) is 6.61 Å². The van der Waals surface area contributed by atoms with Crippen LogP contribution in [0.4, 0.5) is 0 Å². The van der Waals surface area contributed by atoms with Crippen LogP contribution in [0.15, 0.2) is 48.5 Å². The van der Waals surface area contributed by atoms with Crippen molar-refractivity contribution in [2.45, 2.75) is 6.61 Å². The zero-order chi connectivity index (χ0) is 16.4. The lowest BCUT2D eigenvalue weighted by Gasteiger charge is -2.13. The first-order valence-corrected chi connectivity index (χ1v) is 6.90. The molecule has 23 heavy (non-hydrogen) atoms. The number of nitrogens with zero attached hydrogens (tertiary/aromatic N) is 1. The Bertz CT molecular complexity index is 764. The fourth-order valence-electron chi connectivity index (χ4n) is 2.33. The average Bonchev–Trinajstić information content (AvgIpc) is 2.84. The number of hydrogen-bond donors (Lipinski definition) is 0. The molecule has 0 radical (unpaired) electrons. The van der Waals surface area contributed by atoms with Gasteiger partial charge in [-0.15, -0.1) is 5.06 Å². The van der Waals surface area contributed by atoms with Gasteiger partial charge in [-0.25, -0.2) is 4.79 Å². The smallest absolute Gasteiger partial charge is 0.337 e. The first kappa shape index (κ1) is 14.9. The fraction of sp³-hybridized carbons (Fsp3) is 0.118. The van der Waals surface area contributed by atoms with Crippen molar-refractivity contribution in [3.8, 4) is 0 Å². The van der Waals surface area contributed by atoms with E-state index in [9.17, 15) is 14.4 Å². The normalized spacial score (nSPS) is 13.2. The van der Waals surface area contributed by atoms with Gasteiger partial charge in [0.25, 0.3) is 11.8 Å². The summed E-state index contributed by atoms with van der Waals surface area (Å²) in [7, 11) is 1.30. The van der Waals surface area contributed by atoms with E-state index in [0.717, 1.165) is 5.06 Å². The summed E-state index contributed by atoms with van der Waals surface area (Å²) in [6.45, 7) is -0.0176. The highest BCUT2D eigenvalue weighted by molar-refractivity contribution is 6.20. The fourth-order valence-corrected chi connectivity index (χ4v) is 2.33. The van der Waals surface area contributed by atoms with Gasteiger partial charge < -0.3 is 4.74 Å². The molecule has 0 aromatic heterocycles. The van der Waals surface area contributed by atoms with Crippen LogP contribution in [0, 0.1) is 0 Å². The molecule has 0 saturated carbocycles. The van der Waals surface area contributed by atoms with E-state index in [1.54, 1.807) is 48.5 Å². The molecule has 0 saturated heterocycles. The van der Waals surface area contributed by atoms with Crippen molar-refractivity contribution >= 4 is 17.8 Å². The monoisotopic (exact) mass is 311 g/mol. The Kier molecular flexibility index (Phi) is 3.91. The van der Waals surface area contributed by atoms with E-state index in [2.05, 4.69) is 4.74 Å². The summed E-state index contributed by atoms with van der Waals surface area (Å²) in [5.74, 6) is -1.45. The molecule has 116 valence electrons. The quantitative estimate of drug-likeness (QED) is 0.639. The molecule has 6 nitrogen and oxygen atoms in total. The number of hydrogen-bond acceptors (Lipinski definition) is 5. The second kappa shape index (κ2) is 6.02. The molecule has 1 aliphatic heterocycles. The molecule has 1 heterocycles. The van der Waals surface area contributed by atoms with Crippen molar-refractivity contribution in [2.75, 3.05) is 7.11 Å². The van der Waals surface area contributed by atoms with Crippen LogP contribution < -0.4 is 0 Å². The van der Waals surface area contributed by atoms with Gasteiger partial charge in [0.15, 0.2) is 0 Å². The van der Waals surface area contributed by atoms with Crippen molar-refractivity contribution in [3.63, 3.8) is 0 Å². The van der Waals surface area contributed by atoms with Crippen molar-refractivity contribution < 1.29 is 24.0 Å². The van der Waals surface area contributed by atoms with E-state index in [0.29, 0.717) is 22.3 Å². The van der Waals surface area contributed by atoms with Gasteiger partial charge in [-0.3, -0.25) is 14.4 Å². The molecule has 0 N–H and O–H groups in total. The van der Waals surface area contributed by atoms with Crippen LogP contribution in [0.3, 0.4) is 0 Å². The molecule has 0 aliphatic carbocycles. The molecule has 1 aliphatic rings. The molecular weight excluding hydrogens is 298 g/mol. The Morgan fingerprint density at radius 2 is 1.65 bits per heavy atom. The summed E-state index contributed by atoms with van der Waals surface area (Å²) in [5, 5.41) is 0.746. The van der Waals surface area contributed by atoms with Crippen LogP contribution in [0.2, 0.25) is 0 Å². The highest BCUT2D eigenvalue weighted by Gasteiger charge is 2.36. The van der Waals surface area contributed by atoms with Gasteiger partial charge in [-0.05, 0) is 29.8 Å². The lowest BCUT2D eigenvalue weighted by atomic mass is 10.1. The highest BCUT2D eigenvalue weighted by Crippen LogP contribution is 2.23. The third-order valence-corrected chi connectivity index (χ3v) is 3.47. The van der Waals surface area contributed by atoms with Gasteiger partial charge >= 0.3 is 5.97 Å². The van der Waals surface area contributed by atoms with Gasteiger partial charge in [0, 0.05) is 0 Å². The van der Waals surface area contributed by atoms with E-state index in [1.165, 1.54) is 7.11 Å². The molecular formula is C17H13NO5. The SMILES string of the molecule is COC(=O)c1cccc(CON2C(=O)c3ccccc3C2=O)c1. The molecule has 2 amide bonds. The Hall–Kier alpha value is -2.99. The first-order chi connectivity index (χ1) is 11.1. The number of carbonyl (C=O) groups is 3. The van der Waals surface area contributed by atoms with Crippen LogP contribution in [0.5, 0.6) is 0 Å². The number of hydroxylamine groups is 2. The van der Waals surface area contributed by atoms with Crippen LogP contribution in [0.1, 0.15) is 36.6 Å². The largest absolute Gasteiger partial charge is 0.465 e. The number of carbonyl (C=O) groups excluding carboxylic acids is 3. The predicted octanol–water partition coefficient (Wildman–Crippen LogP) is 2.20. The second-order valence-corrected chi connectivity index (χ2v) is 4.92. The van der Waals surface area contributed by atoms with Gasteiger partial charge in [-0.2, -0.15) is 0 Å². The zero-order valence-electron chi connectivity index (χ0n) is 12.3. The predicted molar refractivity (Wildman–Crippen MR) is 79.5 cm³/mol. The zero-order valence-corrected chi connectivity index (χ0v) is 12.3. The number of rotatable bonds is 4. The Morgan fingerprint density at radius 1 is 1.00 bits per heavy atom. The lowest BCUT2D eigenvalue weighted by molar-refractivity contribution is -0.101. The van der Waals surface area contributed by atoms with Crippen LogP contribution in [-0.4, -0.2) is 30.0 Å². The molecule has 0 fully saturated rings. The van der Waals surface area contributed by atoms with Crippen LogP contribution >= 0.6 is 0 Å². The maximum Gasteiger partial charge on any atom is 0.337 e. The van der Waals surface area contributed by atoms with E-state index in [1.807, 2.05) is 0 Å². The molecule has 2 aromatic carbocycles. The minimum atomic E-state index is -0.491. The van der Waals surface area contributed by atoms with Crippen molar-refractivity contribution in [1.82, 2.24) is 5.06 Å². The summed E-state index contributed by atoms with van der Waals surface area (Å²) in [4.78, 5) is 41.2. The maximum absolute atomic E-state index is 12.2. The van der Waals surface area contributed by atoms with Crippen molar-refractivity contribution in [3.05, 3.63) is 70.8 Å². The molecule has 0 spiro atoms. The third-order valence-electron chi connectivity index (χ3n) is 3.47. The van der Waals surface area contributed by atoms with E-state index in [4.69, 9.17) is 4.84 Å².